The van der Waals surface area contributed by atoms with Crippen LogP contribution >= 0.6 is 15.9 Å². The van der Waals surface area contributed by atoms with Gasteiger partial charge in [0.1, 0.15) is 6.71 Å². The molecule has 0 nitrogen and oxygen atoms in total. The van der Waals surface area contributed by atoms with Gasteiger partial charge < -0.3 is 0 Å². The topological polar surface area (TPSA) is 0 Å². The van der Waals surface area contributed by atoms with Crippen LogP contribution in [0, 0.1) is 17.8 Å². The molecule has 2 unspecified atom stereocenters. The van der Waals surface area contributed by atoms with E-state index in [1.807, 2.05) is 0 Å². The van der Waals surface area contributed by atoms with Crippen LogP contribution in [0.25, 0.3) is 0 Å². The van der Waals surface area contributed by atoms with E-state index in [1.165, 1.54) is 37.3 Å². The summed E-state index contributed by atoms with van der Waals surface area (Å²) < 4.78 is 0. The zero-order chi connectivity index (χ0) is 10.7. The molecule has 86 valence electrons. The van der Waals surface area contributed by atoms with E-state index in [0.717, 1.165) is 24.5 Å². The van der Waals surface area contributed by atoms with Crippen molar-refractivity contribution in [3.63, 3.8) is 0 Å². The smallest absolute Gasteiger partial charge is 0.0925 e. The Morgan fingerprint density at radius 2 is 1.80 bits per heavy atom. The molecule has 2 bridgehead atoms. The van der Waals surface area contributed by atoms with Crippen LogP contribution in [0.15, 0.2) is 0 Å². The van der Waals surface area contributed by atoms with Gasteiger partial charge in [-0.25, -0.2) is 0 Å². The third-order valence-corrected chi connectivity index (χ3v) is 5.43. The quantitative estimate of drug-likeness (QED) is 0.512. The van der Waals surface area contributed by atoms with Crippen molar-refractivity contribution >= 4 is 22.6 Å². The van der Waals surface area contributed by atoms with Crippen LogP contribution < -0.4 is 0 Å². The lowest BCUT2D eigenvalue weighted by atomic mass is 9.34. The molecule has 1 heterocycles. The van der Waals surface area contributed by atoms with Gasteiger partial charge in [-0.15, -0.1) is 0 Å². The number of rotatable bonds is 4. The second kappa shape index (κ2) is 5.75. The van der Waals surface area contributed by atoms with Gasteiger partial charge in [-0.05, 0) is 37.0 Å². The number of unbranched alkanes of at least 4 members (excludes halogenated alkanes) is 1. The molecule has 2 heteroatoms. The van der Waals surface area contributed by atoms with Crippen molar-refractivity contribution in [3.05, 3.63) is 0 Å². The molecule has 0 radical (unpaired) electrons. The molecule has 0 N–H and O–H groups in total. The summed E-state index contributed by atoms with van der Waals surface area (Å²) in [5.74, 6) is 3.17. The fraction of sp³-hybridized carbons (Fsp3) is 1.00. The minimum absolute atomic E-state index is 1.00. The highest BCUT2D eigenvalue weighted by molar-refractivity contribution is 9.09. The van der Waals surface area contributed by atoms with Gasteiger partial charge in [0.25, 0.3) is 0 Å². The standard InChI is InChI=1S/C13H24BBr/c1-2-3-4-14-8-11-5-12(9-14)7-13(6-11)10-15/h11-13H,2-10H2,1H3. The Labute approximate surface area is 104 Å². The first kappa shape index (κ1) is 12.0. The number of fused-ring (bicyclic) bond motifs is 2. The molecule has 2 fully saturated rings. The lowest BCUT2D eigenvalue weighted by molar-refractivity contribution is 0.222. The molecule has 15 heavy (non-hydrogen) atoms. The van der Waals surface area contributed by atoms with Crippen molar-refractivity contribution in [1.29, 1.82) is 0 Å². The lowest BCUT2D eigenvalue weighted by Gasteiger charge is -2.41. The highest BCUT2D eigenvalue weighted by Crippen LogP contribution is 2.44. The van der Waals surface area contributed by atoms with E-state index in [1.54, 1.807) is 19.1 Å². The Morgan fingerprint density at radius 3 is 2.33 bits per heavy atom. The summed E-state index contributed by atoms with van der Waals surface area (Å²) in [5, 5.41) is 1.25. The normalized spacial score (nSPS) is 35.6. The molecule has 2 rings (SSSR count). The highest BCUT2D eigenvalue weighted by atomic mass is 79.9. The predicted octanol–water partition coefficient (Wildman–Crippen LogP) is 4.72. The molecular weight excluding hydrogens is 247 g/mol. The lowest BCUT2D eigenvalue weighted by Crippen LogP contribution is -2.35. The van der Waals surface area contributed by atoms with E-state index in [0.29, 0.717) is 0 Å². The summed E-state index contributed by atoms with van der Waals surface area (Å²) in [7, 11) is 0. The van der Waals surface area contributed by atoms with E-state index >= 15 is 0 Å². The van der Waals surface area contributed by atoms with E-state index in [2.05, 4.69) is 22.9 Å². The average Bonchev–Trinajstić information content (AvgIpc) is 2.25. The van der Waals surface area contributed by atoms with Crippen molar-refractivity contribution in [1.82, 2.24) is 0 Å². The molecule has 1 saturated carbocycles. The van der Waals surface area contributed by atoms with Crippen molar-refractivity contribution in [3.8, 4) is 0 Å². The summed E-state index contributed by atoms with van der Waals surface area (Å²) in [5.41, 5.74) is 0. The van der Waals surface area contributed by atoms with Gasteiger partial charge in [-0.3, -0.25) is 0 Å². The van der Waals surface area contributed by atoms with Crippen LogP contribution in [-0.2, 0) is 0 Å². The third kappa shape index (κ3) is 3.25. The minimum Gasteiger partial charge on any atom is -0.0925 e. The van der Waals surface area contributed by atoms with E-state index in [-0.39, 0.29) is 0 Å². The summed E-state index contributed by atoms with van der Waals surface area (Å²) in [6.07, 6.45) is 12.1. The summed E-state index contributed by atoms with van der Waals surface area (Å²) in [4.78, 5) is 0. The Bertz CT molecular complexity index is 181. The minimum atomic E-state index is 1.00. The number of halogens is 1. The van der Waals surface area contributed by atoms with Gasteiger partial charge in [0.15, 0.2) is 0 Å². The average molecular weight is 271 g/mol. The molecule has 2 aliphatic rings. The Hall–Kier alpha value is 0.545. The molecule has 0 aromatic heterocycles. The van der Waals surface area contributed by atoms with Gasteiger partial charge in [0.05, 0.1) is 0 Å². The van der Waals surface area contributed by atoms with Crippen molar-refractivity contribution in [2.45, 2.75) is 58.0 Å². The molecule has 0 aromatic carbocycles. The fourth-order valence-electron chi connectivity index (χ4n) is 3.98. The summed E-state index contributed by atoms with van der Waals surface area (Å²) in [6, 6.07) is 0. The number of hydrogen-bond donors (Lipinski definition) is 0. The molecule has 2 atom stereocenters. The first-order valence-electron chi connectivity index (χ1n) is 6.87. The molecular formula is C13H24BBr. The molecule has 1 aliphatic carbocycles. The molecule has 0 spiro atoms. The van der Waals surface area contributed by atoms with Gasteiger partial charge >= 0.3 is 0 Å². The number of alkyl halides is 1. The van der Waals surface area contributed by atoms with Crippen LogP contribution in [0.5, 0.6) is 0 Å². The van der Waals surface area contributed by atoms with Crippen molar-refractivity contribution < 1.29 is 0 Å². The maximum absolute atomic E-state index is 3.68. The molecule has 1 aliphatic heterocycles. The van der Waals surface area contributed by atoms with E-state index in [4.69, 9.17) is 0 Å². The second-order valence-corrected chi connectivity index (χ2v) is 6.59. The highest BCUT2D eigenvalue weighted by Gasteiger charge is 2.36. The molecule has 0 amide bonds. The van der Waals surface area contributed by atoms with E-state index < -0.39 is 0 Å². The monoisotopic (exact) mass is 270 g/mol. The maximum atomic E-state index is 3.68. The second-order valence-electron chi connectivity index (χ2n) is 5.94. The zero-order valence-corrected chi connectivity index (χ0v) is 11.6. The van der Waals surface area contributed by atoms with Gasteiger partial charge in [0, 0.05) is 5.33 Å². The Kier molecular flexibility index (Phi) is 4.60. The van der Waals surface area contributed by atoms with E-state index in [9.17, 15) is 0 Å². The zero-order valence-electron chi connectivity index (χ0n) is 10.1. The Balaban J connectivity index is 1.82. The Morgan fingerprint density at radius 1 is 1.13 bits per heavy atom. The molecule has 0 aromatic rings. The first-order valence-corrected chi connectivity index (χ1v) is 7.99. The van der Waals surface area contributed by atoms with Gasteiger partial charge in [0.2, 0.25) is 0 Å². The van der Waals surface area contributed by atoms with Crippen molar-refractivity contribution in [2.75, 3.05) is 5.33 Å². The van der Waals surface area contributed by atoms with Gasteiger partial charge in [-0.1, -0.05) is 54.7 Å². The van der Waals surface area contributed by atoms with Crippen LogP contribution in [0.4, 0.5) is 0 Å². The first-order chi connectivity index (χ1) is 7.31. The van der Waals surface area contributed by atoms with Gasteiger partial charge in [-0.2, -0.15) is 0 Å². The van der Waals surface area contributed by atoms with Crippen LogP contribution in [0.1, 0.15) is 39.0 Å². The predicted molar refractivity (Wildman–Crippen MR) is 73.2 cm³/mol. The SMILES string of the molecule is CCCCB1CC2CC(CBr)CC(C1)C2. The maximum Gasteiger partial charge on any atom is 0.140 e. The summed E-state index contributed by atoms with van der Waals surface area (Å²) >= 11 is 3.68. The molecule has 1 saturated heterocycles. The van der Waals surface area contributed by atoms with Crippen LogP contribution in [-0.4, -0.2) is 12.0 Å². The van der Waals surface area contributed by atoms with Crippen molar-refractivity contribution in [2.24, 2.45) is 17.8 Å². The fourth-order valence-corrected chi connectivity index (χ4v) is 4.51. The van der Waals surface area contributed by atoms with Crippen LogP contribution in [0.2, 0.25) is 19.0 Å². The summed E-state index contributed by atoms with van der Waals surface area (Å²) in [6.45, 7) is 3.41. The third-order valence-electron chi connectivity index (χ3n) is 4.52. The largest absolute Gasteiger partial charge is 0.140 e. The number of hydrogen-bond acceptors (Lipinski definition) is 0. The van der Waals surface area contributed by atoms with Crippen LogP contribution in [0.3, 0.4) is 0 Å².